The smallest absolute Gasteiger partial charge is 0.413 e. The van der Waals surface area contributed by atoms with Gasteiger partial charge in [-0.3, -0.25) is 19.9 Å². The average Bonchev–Trinajstić information content (AvgIpc) is 2.56. The highest BCUT2D eigenvalue weighted by Gasteiger charge is 2.26. The molecule has 6 nitrogen and oxygen atoms in total. The van der Waals surface area contributed by atoms with E-state index in [1.54, 1.807) is 6.92 Å². The molecule has 23 heavy (non-hydrogen) atoms. The fraction of sp³-hybridized carbons (Fsp3) is 0.500. The van der Waals surface area contributed by atoms with E-state index in [0.29, 0.717) is 0 Å². The van der Waals surface area contributed by atoms with Crippen molar-refractivity contribution in [3.05, 3.63) is 34.9 Å². The molecule has 126 valence electrons. The van der Waals surface area contributed by atoms with Crippen molar-refractivity contribution < 1.29 is 14.3 Å². The highest BCUT2D eigenvalue weighted by atomic mass is 35.5. The number of imide groups is 1. The molecule has 1 heterocycles. The molecule has 0 radical (unpaired) electrons. The standard InChI is InChI=1S/C16H22ClN3O3/c1-12(15(21)18-16(22)23-2)20-9-7-19(8-10-20)11-13-3-5-14(17)6-4-13/h3-6,12H,7-11H2,1-2H3,(H,18,21,22)/t12-/m1/s1. The van der Waals surface area contributed by atoms with E-state index >= 15 is 0 Å². The molecule has 1 N–H and O–H groups in total. The van der Waals surface area contributed by atoms with Crippen molar-refractivity contribution in [3.63, 3.8) is 0 Å². The van der Waals surface area contributed by atoms with Crippen LogP contribution in [0.4, 0.5) is 4.79 Å². The molecule has 0 unspecified atom stereocenters. The summed E-state index contributed by atoms with van der Waals surface area (Å²) in [7, 11) is 1.24. The molecule has 1 aliphatic rings. The van der Waals surface area contributed by atoms with E-state index in [2.05, 4.69) is 19.9 Å². The molecule has 0 spiro atoms. The third-order valence-electron chi connectivity index (χ3n) is 4.06. The molecule has 0 bridgehead atoms. The summed E-state index contributed by atoms with van der Waals surface area (Å²) < 4.78 is 4.44. The van der Waals surface area contributed by atoms with Crippen molar-refractivity contribution in [3.8, 4) is 0 Å². The van der Waals surface area contributed by atoms with E-state index < -0.39 is 6.09 Å². The second-order valence-corrected chi connectivity index (χ2v) is 6.03. The minimum Gasteiger partial charge on any atom is -0.453 e. The van der Waals surface area contributed by atoms with E-state index in [4.69, 9.17) is 11.6 Å². The Labute approximate surface area is 141 Å². The summed E-state index contributed by atoms with van der Waals surface area (Å²) in [4.78, 5) is 27.4. The second kappa shape index (κ2) is 8.29. The molecule has 0 aromatic heterocycles. The predicted octanol–water partition coefficient (Wildman–Crippen LogP) is 1.73. The van der Waals surface area contributed by atoms with Gasteiger partial charge in [0, 0.05) is 37.7 Å². The molecule has 1 aliphatic heterocycles. The van der Waals surface area contributed by atoms with Gasteiger partial charge in [-0.2, -0.15) is 0 Å². The van der Waals surface area contributed by atoms with Crippen LogP contribution in [0.2, 0.25) is 5.02 Å². The Morgan fingerprint density at radius 2 is 1.83 bits per heavy atom. The highest BCUT2D eigenvalue weighted by Crippen LogP contribution is 2.13. The van der Waals surface area contributed by atoms with Gasteiger partial charge in [0.05, 0.1) is 13.2 Å². The summed E-state index contributed by atoms with van der Waals surface area (Å²) in [5, 5.41) is 2.95. The van der Waals surface area contributed by atoms with Crippen molar-refractivity contribution in [2.24, 2.45) is 0 Å². The van der Waals surface area contributed by atoms with Gasteiger partial charge in [0.15, 0.2) is 0 Å². The van der Waals surface area contributed by atoms with Gasteiger partial charge in [0.25, 0.3) is 0 Å². The van der Waals surface area contributed by atoms with Gasteiger partial charge in [0.2, 0.25) is 5.91 Å². The molecule has 2 rings (SSSR count). The van der Waals surface area contributed by atoms with Gasteiger partial charge in [-0.25, -0.2) is 4.79 Å². The Morgan fingerprint density at radius 3 is 2.39 bits per heavy atom. The number of carbonyl (C=O) groups is 2. The quantitative estimate of drug-likeness (QED) is 0.905. The molecule has 7 heteroatoms. The Balaban J connectivity index is 1.80. The normalized spacial score (nSPS) is 17.5. The van der Waals surface area contributed by atoms with E-state index in [9.17, 15) is 9.59 Å². The summed E-state index contributed by atoms with van der Waals surface area (Å²) in [6.07, 6.45) is -0.719. The molecular weight excluding hydrogens is 318 g/mol. The summed E-state index contributed by atoms with van der Waals surface area (Å²) in [6, 6.07) is 7.49. The first-order valence-electron chi connectivity index (χ1n) is 7.59. The summed E-state index contributed by atoms with van der Waals surface area (Å²) in [6.45, 7) is 5.98. The largest absolute Gasteiger partial charge is 0.453 e. The number of hydrogen-bond donors (Lipinski definition) is 1. The van der Waals surface area contributed by atoms with Gasteiger partial charge >= 0.3 is 6.09 Å². The number of halogens is 1. The Bertz CT molecular complexity index is 542. The molecule has 0 aliphatic carbocycles. The Hall–Kier alpha value is -1.63. The lowest BCUT2D eigenvalue weighted by atomic mass is 10.1. The fourth-order valence-electron chi connectivity index (χ4n) is 2.58. The molecule has 1 atom stereocenters. The van der Waals surface area contributed by atoms with Crippen molar-refractivity contribution in [2.75, 3.05) is 33.3 Å². The molecule has 2 amide bonds. The zero-order valence-corrected chi connectivity index (χ0v) is 14.2. The number of piperazine rings is 1. The Morgan fingerprint density at radius 1 is 1.22 bits per heavy atom. The lowest BCUT2D eigenvalue weighted by Gasteiger charge is -2.37. The number of hydrogen-bond acceptors (Lipinski definition) is 5. The summed E-state index contributed by atoms with van der Waals surface area (Å²) in [5.41, 5.74) is 1.22. The van der Waals surface area contributed by atoms with Gasteiger partial charge in [-0.1, -0.05) is 23.7 Å². The number of nitrogens with zero attached hydrogens (tertiary/aromatic N) is 2. The molecular formula is C16H22ClN3O3. The van der Waals surface area contributed by atoms with Crippen LogP contribution in [0.15, 0.2) is 24.3 Å². The van der Waals surface area contributed by atoms with Crippen LogP contribution >= 0.6 is 11.6 Å². The first-order valence-corrected chi connectivity index (χ1v) is 7.97. The predicted molar refractivity (Wildman–Crippen MR) is 88.3 cm³/mol. The number of ether oxygens (including phenoxy) is 1. The zero-order chi connectivity index (χ0) is 16.8. The maximum atomic E-state index is 11.9. The topological polar surface area (TPSA) is 61.9 Å². The van der Waals surface area contributed by atoms with Gasteiger partial charge in [-0.15, -0.1) is 0 Å². The molecule has 0 saturated carbocycles. The van der Waals surface area contributed by atoms with Crippen molar-refractivity contribution in [2.45, 2.75) is 19.5 Å². The van der Waals surface area contributed by atoms with Gasteiger partial charge in [-0.05, 0) is 24.6 Å². The number of alkyl carbamates (subject to hydrolysis) is 1. The third-order valence-corrected chi connectivity index (χ3v) is 4.32. The number of nitrogens with one attached hydrogen (secondary N) is 1. The maximum Gasteiger partial charge on any atom is 0.413 e. The summed E-state index contributed by atoms with van der Waals surface area (Å²) >= 11 is 5.89. The van der Waals surface area contributed by atoms with E-state index in [0.717, 1.165) is 37.7 Å². The van der Waals surface area contributed by atoms with Crippen LogP contribution in [0.1, 0.15) is 12.5 Å². The van der Waals surface area contributed by atoms with Crippen molar-refractivity contribution in [1.29, 1.82) is 0 Å². The van der Waals surface area contributed by atoms with Gasteiger partial charge < -0.3 is 4.74 Å². The molecule has 1 saturated heterocycles. The van der Waals surface area contributed by atoms with Crippen LogP contribution in [0.25, 0.3) is 0 Å². The molecule has 1 fully saturated rings. The molecule has 1 aromatic carbocycles. The fourth-order valence-corrected chi connectivity index (χ4v) is 2.70. The van der Waals surface area contributed by atoms with Crippen molar-refractivity contribution in [1.82, 2.24) is 15.1 Å². The van der Waals surface area contributed by atoms with Crippen molar-refractivity contribution >= 4 is 23.6 Å². The third kappa shape index (κ3) is 5.20. The Kier molecular flexibility index (Phi) is 6.38. The van der Waals surface area contributed by atoms with E-state index in [1.165, 1.54) is 12.7 Å². The lowest BCUT2D eigenvalue weighted by molar-refractivity contribution is -0.125. The average molecular weight is 340 g/mol. The van der Waals surface area contributed by atoms with Crippen LogP contribution in [-0.4, -0.2) is 61.1 Å². The SMILES string of the molecule is COC(=O)NC(=O)[C@@H](C)N1CCN(Cc2ccc(Cl)cc2)CC1. The van der Waals surface area contributed by atoms with Gasteiger partial charge in [0.1, 0.15) is 0 Å². The lowest BCUT2D eigenvalue weighted by Crippen LogP contribution is -2.54. The van der Waals surface area contributed by atoms with Crippen LogP contribution in [-0.2, 0) is 16.1 Å². The first-order chi connectivity index (χ1) is 11.0. The minimum atomic E-state index is -0.719. The molecule has 1 aromatic rings. The first kappa shape index (κ1) is 17.7. The van der Waals surface area contributed by atoms with Crippen LogP contribution in [0, 0.1) is 0 Å². The second-order valence-electron chi connectivity index (χ2n) is 5.60. The van der Waals surface area contributed by atoms with Crippen LogP contribution in [0.3, 0.4) is 0 Å². The minimum absolute atomic E-state index is 0.331. The highest BCUT2D eigenvalue weighted by molar-refractivity contribution is 6.30. The number of carbonyl (C=O) groups excluding carboxylic acids is 2. The van der Waals surface area contributed by atoms with Crippen LogP contribution < -0.4 is 5.32 Å². The number of methoxy groups -OCH3 is 1. The number of amides is 2. The van der Waals surface area contributed by atoms with E-state index in [1.807, 2.05) is 24.3 Å². The zero-order valence-electron chi connectivity index (χ0n) is 13.4. The van der Waals surface area contributed by atoms with Crippen LogP contribution in [0.5, 0.6) is 0 Å². The number of rotatable bonds is 4. The van der Waals surface area contributed by atoms with E-state index in [-0.39, 0.29) is 11.9 Å². The number of benzene rings is 1. The maximum absolute atomic E-state index is 11.9. The monoisotopic (exact) mass is 339 g/mol. The summed E-state index contributed by atoms with van der Waals surface area (Å²) in [5.74, 6) is -0.331.